The van der Waals surface area contributed by atoms with Gasteiger partial charge in [0.1, 0.15) is 0 Å². The molecule has 1 saturated carbocycles. The highest BCUT2D eigenvalue weighted by atomic mass is 16.5. The van der Waals surface area contributed by atoms with Gasteiger partial charge in [-0.25, -0.2) is 0 Å². The van der Waals surface area contributed by atoms with E-state index in [1.54, 1.807) is 0 Å². The molecule has 1 aliphatic rings. The highest BCUT2D eigenvalue weighted by Crippen LogP contribution is 2.27. The summed E-state index contributed by atoms with van der Waals surface area (Å²) in [5, 5.41) is 0. The molecule has 78 valence electrons. The van der Waals surface area contributed by atoms with E-state index >= 15 is 0 Å². The summed E-state index contributed by atoms with van der Waals surface area (Å²) in [6, 6.07) is 0. The summed E-state index contributed by atoms with van der Waals surface area (Å²) in [7, 11) is 0. The Kier molecular flexibility index (Phi) is 5.22. The number of unbranched alkanes of at least 4 members (excludes halogenated alkanes) is 2. The average molecular weight is 192 g/mol. The van der Waals surface area contributed by atoms with Crippen LogP contribution in [0.2, 0.25) is 0 Å². The summed E-state index contributed by atoms with van der Waals surface area (Å²) < 4.78 is 5.36. The molecule has 0 radical (unpaired) electrons. The Hall–Kier alpha value is -0.900. The van der Waals surface area contributed by atoms with E-state index in [0.717, 1.165) is 6.42 Å². The summed E-state index contributed by atoms with van der Waals surface area (Å²) in [6.07, 6.45) is 8.91. The van der Waals surface area contributed by atoms with E-state index in [4.69, 9.17) is 4.74 Å². The molecular weight excluding hydrogens is 172 g/mol. The van der Waals surface area contributed by atoms with Gasteiger partial charge in [0.15, 0.2) is 6.10 Å². The molecule has 0 heterocycles. The molecular formula is C13H20O. The van der Waals surface area contributed by atoms with Gasteiger partial charge in [-0.15, -0.1) is 0 Å². The van der Waals surface area contributed by atoms with Gasteiger partial charge >= 0.3 is 0 Å². The molecule has 1 unspecified atom stereocenters. The lowest BCUT2D eigenvalue weighted by Gasteiger charge is -2.09. The number of hydrogen-bond acceptors (Lipinski definition) is 1. The molecule has 14 heavy (non-hydrogen) atoms. The predicted molar refractivity (Wildman–Crippen MR) is 59.7 cm³/mol. The van der Waals surface area contributed by atoms with Crippen LogP contribution in [0.4, 0.5) is 0 Å². The molecule has 1 nitrogen and oxygen atoms in total. The zero-order valence-electron chi connectivity index (χ0n) is 9.09. The Bertz CT molecular complexity index is 217. The van der Waals surface area contributed by atoms with Crippen LogP contribution in [0.5, 0.6) is 0 Å². The first-order valence-electron chi connectivity index (χ1n) is 5.64. The standard InChI is InChI=1S/C13H20O/c1-3-5-6-7-13(14-4-2)11-10-12-8-9-12/h4,12-13H,2-3,5-9H2,1H3. The molecule has 0 bridgehead atoms. The van der Waals surface area contributed by atoms with Crippen LogP contribution >= 0.6 is 0 Å². The fraction of sp³-hybridized carbons (Fsp3) is 0.692. The van der Waals surface area contributed by atoms with E-state index in [-0.39, 0.29) is 6.10 Å². The Morgan fingerprint density at radius 1 is 1.50 bits per heavy atom. The predicted octanol–water partition coefficient (Wildman–Crippen LogP) is 3.51. The van der Waals surface area contributed by atoms with Gasteiger partial charge in [0.05, 0.1) is 6.26 Å². The molecule has 1 fully saturated rings. The van der Waals surface area contributed by atoms with Crippen LogP contribution in [0.3, 0.4) is 0 Å². The largest absolute Gasteiger partial charge is 0.486 e. The minimum atomic E-state index is 0.0830. The van der Waals surface area contributed by atoms with Crippen molar-refractivity contribution in [3.63, 3.8) is 0 Å². The van der Waals surface area contributed by atoms with Gasteiger partial charge in [-0.3, -0.25) is 0 Å². The van der Waals surface area contributed by atoms with Crippen molar-refractivity contribution in [3.05, 3.63) is 12.8 Å². The quantitative estimate of drug-likeness (QED) is 0.355. The Labute approximate surface area is 87.5 Å². The van der Waals surface area contributed by atoms with E-state index in [2.05, 4.69) is 25.3 Å². The zero-order valence-corrected chi connectivity index (χ0v) is 9.09. The maximum Gasteiger partial charge on any atom is 0.158 e. The molecule has 0 aromatic heterocycles. The van der Waals surface area contributed by atoms with Crippen molar-refractivity contribution in [1.29, 1.82) is 0 Å². The van der Waals surface area contributed by atoms with Gasteiger partial charge in [0.2, 0.25) is 0 Å². The molecule has 1 aliphatic carbocycles. The van der Waals surface area contributed by atoms with E-state index in [0.29, 0.717) is 5.92 Å². The SMILES string of the molecule is C=COC(C#CC1CC1)CCCCC. The third-order valence-corrected chi connectivity index (χ3v) is 2.36. The first-order valence-corrected chi connectivity index (χ1v) is 5.64. The minimum Gasteiger partial charge on any atom is -0.486 e. The van der Waals surface area contributed by atoms with Gasteiger partial charge in [-0.05, 0) is 25.7 Å². The lowest BCUT2D eigenvalue weighted by atomic mass is 10.1. The summed E-state index contributed by atoms with van der Waals surface area (Å²) in [5.74, 6) is 7.11. The van der Waals surface area contributed by atoms with Crippen molar-refractivity contribution in [2.24, 2.45) is 5.92 Å². The van der Waals surface area contributed by atoms with E-state index < -0.39 is 0 Å². The van der Waals surface area contributed by atoms with Crippen molar-refractivity contribution in [2.45, 2.75) is 51.6 Å². The van der Waals surface area contributed by atoms with Gasteiger partial charge in [0, 0.05) is 5.92 Å². The third-order valence-electron chi connectivity index (χ3n) is 2.36. The molecule has 0 amide bonds. The lowest BCUT2D eigenvalue weighted by Crippen LogP contribution is -2.06. The molecule has 1 heteroatoms. The van der Waals surface area contributed by atoms with Crippen LogP contribution in [0.15, 0.2) is 12.8 Å². The molecule has 0 N–H and O–H groups in total. The lowest BCUT2D eigenvalue weighted by molar-refractivity contribution is 0.183. The van der Waals surface area contributed by atoms with Crippen LogP contribution < -0.4 is 0 Å². The van der Waals surface area contributed by atoms with Crippen LogP contribution in [0, 0.1) is 17.8 Å². The third kappa shape index (κ3) is 4.97. The summed E-state index contributed by atoms with van der Waals surface area (Å²) in [4.78, 5) is 0. The van der Waals surface area contributed by atoms with Crippen LogP contribution in [-0.2, 0) is 4.74 Å². The fourth-order valence-corrected chi connectivity index (χ4v) is 1.31. The maximum absolute atomic E-state index is 5.36. The average Bonchev–Trinajstić information content (AvgIpc) is 2.98. The van der Waals surface area contributed by atoms with Crippen molar-refractivity contribution in [1.82, 2.24) is 0 Å². The van der Waals surface area contributed by atoms with Crippen molar-refractivity contribution < 1.29 is 4.74 Å². The maximum atomic E-state index is 5.36. The zero-order chi connectivity index (χ0) is 10.2. The van der Waals surface area contributed by atoms with E-state index in [1.165, 1.54) is 38.4 Å². The minimum absolute atomic E-state index is 0.0830. The molecule has 0 saturated heterocycles. The smallest absolute Gasteiger partial charge is 0.158 e. The molecule has 1 atom stereocenters. The Morgan fingerprint density at radius 3 is 2.86 bits per heavy atom. The summed E-state index contributed by atoms with van der Waals surface area (Å²) >= 11 is 0. The van der Waals surface area contributed by atoms with Crippen molar-refractivity contribution >= 4 is 0 Å². The van der Waals surface area contributed by atoms with Gasteiger partial charge < -0.3 is 4.74 Å². The second kappa shape index (κ2) is 6.54. The van der Waals surface area contributed by atoms with Crippen molar-refractivity contribution in [2.75, 3.05) is 0 Å². The monoisotopic (exact) mass is 192 g/mol. The number of rotatable bonds is 6. The molecule has 1 rings (SSSR count). The van der Waals surface area contributed by atoms with Crippen molar-refractivity contribution in [3.8, 4) is 11.8 Å². The number of ether oxygens (including phenoxy) is 1. The second-order valence-corrected chi connectivity index (χ2v) is 3.85. The first-order chi connectivity index (χ1) is 6.86. The van der Waals surface area contributed by atoms with Gasteiger partial charge in [0.25, 0.3) is 0 Å². The van der Waals surface area contributed by atoms with E-state index in [1.807, 2.05) is 0 Å². The van der Waals surface area contributed by atoms with Gasteiger partial charge in [-0.2, -0.15) is 0 Å². The highest BCUT2D eigenvalue weighted by molar-refractivity contribution is 5.12. The number of hydrogen-bond donors (Lipinski definition) is 0. The fourth-order valence-electron chi connectivity index (χ4n) is 1.31. The first kappa shape index (κ1) is 11.2. The second-order valence-electron chi connectivity index (χ2n) is 3.85. The Balaban J connectivity index is 2.23. The normalized spacial score (nSPS) is 16.6. The topological polar surface area (TPSA) is 9.23 Å². The molecule has 0 aromatic rings. The highest BCUT2D eigenvalue weighted by Gasteiger charge is 2.18. The molecule has 0 aromatic carbocycles. The Morgan fingerprint density at radius 2 is 2.29 bits per heavy atom. The summed E-state index contributed by atoms with van der Waals surface area (Å²) in [5.41, 5.74) is 0. The van der Waals surface area contributed by atoms with Crippen LogP contribution in [0.25, 0.3) is 0 Å². The van der Waals surface area contributed by atoms with Gasteiger partial charge in [-0.1, -0.05) is 38.2 Å². The van der Waals surface area contributed by atoms with E-state index in [9.17, 15) is 0 Å². The van der Waals surface area contributed by atoms with Crippen LogP contribution in [0.1, 0.15) is 45.4 Å². The molecule has 0 spiro atoms. The molecule has 0 aliphatic heterocycles. The van der Waals surface area contributed by atoms with Crippen LogP contribution in [-0.4, -0.2) is 6.10 Å². The summed E-state index contributed by atoms with van der Waals surface area (Å²) in [6.45, 7) is 5.79.